The minimum Gasteiger partial charge on any atom is -0.487 e. The Balaban J connectivity index is 1.17. The average Bonchev–Trinajstić information content (AvgIpc) is 3.42. The van der Waals surface area contributed by atoms with Gasteiger partial charge in [0.2, 0.25) is 12.7 Å². The lowest BCUT2D eigenvalue weighted by atomic mass is 10.0. The first-order chi connectivity index (χ1) is 15.2. The summed E-state index contributed by atoms with van der Waals surface area (Å²) in [5, 5.41) is 3.60. The second-order valence-electron chi connectivity index (χ2n) is 7.47. The summed E-state index contributed by atoms with van der Waals surface area (Å²) in [6.45, 7) is 0.666. The summed E-state index contributed by atoms with van der Waals surface area (Å²) in [5.74, 6) is 2.20. The van der Waals surface area contributed by atoms with E-state index < -0.39 is 0 Å². The summed E-state index contributed by atoms with van der Waals surface area (Å²) in [4.78, 5) is 20.8. The predicted molar refractivity (Wildman–Crippen MR) is 114 cm³/mol. The second-order valence-corrected chi connectivity index (χ2v) is 7.90. The van der Waals surface area contributed by atoms with Crippen LogP contribution < -0.4 is 19.5 Å². The van der Waals surface area contributed by atoms with Crippen molar-refractivity contribution in [1.29, 1.82) is 0 Å². The molecular formula is C23H20ClN3O4. The standard InChI is InChI=1S/C23H20ClN3O4/c24-16-8-15-9-17(31-23(15)18(10-16)19-12-25-5-6-26-19)11-27-22(28)4-2-14-1-3-20-21(7-14)30-13-29-20/h1,3,5-8,10,12,17H,2,4,9,11,13H2,(H,27,28). The number of ether oxygens (including phenoxy) is 3. The molecule has 0 saturated carbocycles. The van der Waals surface area contributed by atoms with Crippen LogP contribution in [0.25, 0.3) is 11.3 Å². The molecule has 1 N–H and O–H groups in total. The highest BCUT2D eigenvalue weighted by molar-refractivity contribution is 6.31. The third-order valence-corrected chi connectivity index (χ3v) is 5.52. The van der Waals surface area contributed by atoms with Crippen LogP contribution in [0, 0.1) is 0 Å². The van der Waals surface area contributed by atoms with E-state index in [1.165, 1.54) is 0 Å². The summed E-state index contributed by atoms with van der Waals surface area (Å²) in [7, 11) is 0. The van der Waals surface area contributed by atoms with Crippen molar-refractivity contribution in [3.63, 3.8) is 0 Å². The predicted octanol–water partition coefficient (Wildman–Crippen LogP) is 3.58. The zero-order valence-electron chi connectivity index (χ0n) is 16.6. The minimum atomic E-state index is -0.154. The molecule has 1 atom stereocenters. The summed E-state index contributed by atoms with van der Waals surface area (Å²) >= 11 is 6.30. The zero-order valence-corrected chi connectivity index (χ0v) is 17.4. The number of benzene rings is 2. The van der Waals surface area contributed by atoms with Crippen LogP contribution in [-0.4, -0.2) is 35.3 Å². The molecule has 0 spiro atoms. The third-order valence-electron chi connectivity index (χ3n) is 5.31. The van der Waals surface area contributed by atoms with Gasteiger partial charge in [-0.05, 0) is 36.2 Å². The SMILES string of the molecule is O=C(CCc1ccc2c(c1)OCO2)NCC1Cc2cc(Cl)cc(-c3cnccn3)c2O1. The molecule has 0 radical (unpaired) electrons. The molecule has 5 rings (SSSR count). The van der Waals surface area contributed by atoms with Crippen LogP contribution in [0.15, 0.2) is 48.9 Å². The number of aryl methyl sites for hydroxylation is 1. The fourth-order valence-electron chi connectivity index (χ4n) is 3.81. The summed E-state index contributed by atoms with van der Waals surface area (Å²) in [6, 6.07) is 9.48. The Bertz CT molecular complexity index is 1120. The van der Waals surface area contributed by atoms with Gasteiger partial charge in [0.1, 0.15) is 11.9 Å². The molecule has 7 nitrogen and oxygen atoms in total. The van der Waals surface area contributed by atoms with Crippen molar-refractivity contribution < 1.29 is 19.0 Å². The Hall–Kier alpha value is -3.32. The van der Waals surface area contributed by atoms with Gasteiger partial charge in [-0.1, -0.05) is 17.7 Å². The Morgan fingerprint density at radius 1 is 1.16 bits per heavy atom. The maximum atomic E-state index is 12.4. The Morgan fingerprint density at radius 3 is 2.94 bits per heavy atom. The van der Waals surface area contributed by atoms with E-state index >= 15 is 0 Å². The minimum absolute atomic E-state index is 0.0237. The fraction of sp³-hybridized carbons (Fsp3) is 0.261. The molecule has 2 aliphatic heterocycles. The fourth-order valence-corrected chi connectivity index (χ4v) is 4.05. The normalized spacial score (nSPS) is 16.0. The highest BCUT2D eigenvalue weighted by atomic mass is 35.5. The molecule has 1 unspecified atom stereocenters. The van der Waals surface area contributed by atoms with Gasteiger partial charge in [0, 0.05) is 41.4 Å². The maximum absolute atomic E-state index is 12.4. The largest absolute Gasteiger partial charge is 0.487 e. The van der Waals surface area contributed by atoms with Crippen molar-refractivity contribution in [1.82, 2.24) is 15.3 Å². The smallest absolute Gasteiger partial charge is 0.231 e. The van der Waals surface area contributed by atoms with Gasteiger partial charge in [0.25, 0.3) is 0 Å². The first-order valence-corrected chi connectivity index (χ1v) is 10.4. The van der Waals surface area contributed by atoms with E-state index in [2.05, 4.69) is 15.3 Å². The van der Waals surface area contributed by atoms with Gasteiger partial charge >= 0.3 is 0 Å². The van der Waals surface area contributed by atoms with Crippen LogP contribution >= 0.6 is 11.6 Å². The van der Waals surface area contributed by atoms with Crippen LogP contribution in [0.4, 0.5) is 0 Å². The summed E-state index contributed by atoms with van der Waals surface area (Å²) < 4.78 is 16.8. The van der Waals surface area contributed by atoms with Crippen LogP contribution in [0.2, 0.25) is 5.02 Å². The molecule has 0 fully saturated rings. The number of hydrogen-bond acceptors (Lipinski definition) is 6. The first-order valence-electron chi connectivity index (χ1n) is 10.1. The number of halogens is 1. The Kier molecular flexibility index (Phi) is 5.34. The third kappa shape index (κ3) is 4.27. The molecule has 2 aliphatic rings. The molecule has 8 heteroatoms. The lowest BCUT2D eigenvalue weighted by Crippen LogP contribution is -2.34. The quantitative estimate of drug-likeness (QED) is 0.634. The van der Waals surface area contributed by atoms with Crippen LogP contribution in [0.5, 0.6) is 17.2 Å². The van der Waals surface area contributed by atoms with Gasteiger partial charge in [0.05, 0.1) is 18.4 Å². The Morgan fingerprint density at radius 2 is 2.06 bits per heavy atom. The summed E-state index contributed by atoms with van der Waals surface area (Å²) in [5.41, 5.74) is 3.56. The number of nitrogens with one attached hydrogen (secondary N) is 1. The van der Waals surface area contributed by atoms with Crippen molar-refractivity contribution in [3.05, 3.63) is 65.1 Å². The lowest BCUT2D eigenvalue weighted by molar-refractivity contribution is -0.121. The molecule has 0 bridgehead atoms. The van der Waals surface area contributed by atoms with Gasteiger partial charge in [-0.3, -0.25) is 14.8 Å². The molecule has 31 heavy (non-hydrogen) atoms. The van der Waals surface area contributed by atoms with Crippen molar-refractivity contribution in [2.24, 2.45) is 0 Å². The number of carbonyl (C=O) groups is 1. The highest BCUT2D eigenvalue weighted by Gasteiger charge is 2.27. The zero-order chi connectivity index (χ0) is 21.2. The topological polar surface area (TPSA) is 82.6 Å². The number of fused-ring (bicyclic) bond motifs is 2. The van der Waals surface area contributed by atoms with Gasteiger partial charge in [-0.15, -0.1) is 0 Å². The van der Waals surface area contributed by atoms with E-state index in [9.17, 15) is 4.79 Å². The molecule has 0 aliphatic carbocycles. The van der Waals surface area contributed by atoms with Crippen molar-refractivity contribution in [2.75, 3.05) is 13.3 Å². The number of nitrogens with zero attached hydrogens (tertiary/aromatic N) is 2. The van der Waals surface area contributed by atoms with Crippen molar-refractivity contribution in [2.45, 2.75) is 25.4 Å². The van der Waals surface area contributed by atoms with Gasteiger partial charge < -0.3 is 19.5 Å². The number of amides is 1. The van der Waals surface area contributed by atoms with Crippen molar-refractivity contribution >= 4 is 17.5 Å². The molecule has 0 saturated heterocycles. The first kappa shape index (κ1) is 19.6. The molecule has 1 amide bonds. The van der Waals surface area contributed by atoms with E-state index in [0.29, 0.717) is 36.5 Å². The number of rotatable bonds is 6. The van der Waals surface area contributed by atoms with Gasteiger partial charge in [-0.2, -0.15) is 0 Å². The van der Waals surface area contributed by atoms with E-state index in [1.54, 1.807) is 18.6 Å². The van der Waals surface area contributed by atoms with Crippen LogP contribution in [0.1, 0.15) is 17.5 Å². The lowest BCUT2D eigenvalue weighted by Gasteiger charge is -2.13. The maximum Gasteiger partial charge on any atom is 0.231 e. The van der Waals surface area contributed by atoms with E-state index in [0.717, 1.165) is 33.9 Å². The van der Waals surface area contributed by atoms with E-state index in [4.69, 9.17) is 25.8 Å². The van der Waals surface area contributed by atoms with Crippen LogP contribution in [0.3, 0.4) is 0 Å². The highest BCUT2D eigenvalue weighted by Crippen LogP contribution is 2.40. The molecule has 3 heterocycles. The molecule has 158 valence electrons. The average molecular weight is 438 g/mol. The summed E-state index contributed by atoms with van der Waals surface area (Å²) in [6.07, 6.45) is 6.47. The number of aromatic nitrogens is 2. The molecule has 3 aromatic rings. The number of hydrogen-bond donors (Lipinski definition) is 1. The van der Waals surface area contributed by atoms with Gasteiger partial charge in [0.15, 0.2) is 11.5 Å². The molecular weight excluding hydrogens is 418 g/mol. The monoisotopic (exact) mass is 437 g/mol. The van der Waals surface area contributed by atoms with Crippen molar-refractivity contribution in [3.8, 4) is 28.5 Å². The van der Waals surface area contributed by atoms with Crippen LogP contribution in [-0.2, 0) is 17.6 Å². The molecule has 2 aromatic carbocycles. The van der Waals surface area contributed by atoms with E-state index in [1.807, 2.05) is 30.3 Å². The van der Waals surface area contributed by atoms with Gasteiger partial charge in [-0.25, -0.2) is 0 Å². The molecule has 1 aromatic heterocycles. The Labute approximate surface area is 184 Å². The second kappa shape index (κ2) is 8.43. The van der Waals surface area contributed by atoms with E-state index in [-0.39, 0.29) is 18.8 Å². The number of carbonyl (C=O) groups excluding carboxylic acids is 1.